The standard InChI is InChI=1S/C14H26N6.HI/c1-15-14(17-8-13-20-11-5-6-18-20)16-7-12-19-9-3-2-4-10-19;/h5-6,11H,2-4,7-10,12-13H2,1H3,(H2,15,16,17);1H. The first kappa shape index (κ1) is 18.2. The third-order valence-electron chi connectivity index (χ3n) is 3.59. The SMILES string of the molecule is CN=C(NCCN1CCCCC1)NCCn1cccn1.I. The summed E-state index contributed by atoms with van der Waals surface area (Å²) >= 11 is 0. The monoisotopic (exact) mass is 406 g/mol. The molecular formula is C14H27IN6. The number of guanidine groups is 1. The highest BCUT2D eigenvalue weighted by Crippen LogP contribution is 2.07. The molecule has 1 fully saturated rings. The van der Waals surface area contributed by atoms with Gasteiger partial charge in [-0.2, -0.15) is 5.10 Å². The molecular weight excluding hydrogens is 379 g/mol. The van der Waals surface area contributed by atoms with E-state index in [0.29, 0.717) is 0 Å². The molecule has 1 aromatic heterocycles. The van der Waals surface area contributed by atoms with E-state index in [2.05, 4.69) is 25.6 Å². The quantitative estimate of drug-likeness (QED) is 0.423. The molecule has 120 valence electrons. The van der Waals surface area contributed by atoms with Gasteiger partial charge < -0.3 is 15.5 Å². The molecule has 1 saturated heterocycles. The summed E-state index contributed by atoms with van der Waals surface area (Å²) in [5, 5.41) is 10.8. The molecule has 0 bridgehead atoms. The van der Waals surface area contributed by atoms with Crippen LogP contribution < -0.4 is 10.6 Å². The minimum atomic E-state index is 0. The Hall–Kier alpha value is -0.830. The van der Waals surface area contributed by atoms with Gasteiger partial charge in [-0.15, -0.1) is 24.0 Å². The van der Waals surface area contributed by atoms with E-state index in [1.54, 1.807) is 6.20 Å². The number of piperidine rings is 1. The largest absolute Gasteiger partial charge is 0.355 e. The molecule has 1 aromatic rings. The average Bonchev–Trinajstić information content (AvgIpc) is 3.00. The lowest BCUT2D eigenvalue weighted by Crippen LogP contribution is -2.43. The fourth-order valence-corrected chi connectivity index (χ4v) is 2.46. The zero-order valence-corrected chi connectivity index (χ0v) is 15.1. The summed E-state index contributed by atoms with van der Waals surface area (Å²) in [4.78, 5) is 6.76. The van der Waals surface area contributed by atoms with Gasteiger partial charge in [-0.05, 0) is 32.0 Å². The lowest BCUT2D eigenvalue weighted by atomic mass is 10.1. The molecule has 0 amide bonds. The Kier molecular flexibility index (Phi) is 9.40. The lowest BCUT2D eigenvalue weighted by molar-refractivity contribution is 0.232. The number of likely N-dealkylation sites (tertiary alicyclic amines) is 1. The van der Waals surface area contributed by atoms with Crippen molar-refractivity contribution in [2.45, 2.75) is 25.8 Å². The summed E-state index contributed by atoms with van der Waals surface area (Å²) in [5.41, 5.74) is 0. The summed E-state index contributed by atoms with van der Waals surface area (Å²) in [7, 11) is 1.81. The van der Waals surface area contributed by atoms with Gasteiger partial charge in [-0.3, -0.25) is 9.67 Å². The molecule has 7 heteroatoms. The maximum atomic E-state index is 4.24. The molecule has 2 N–H and O–H groups in total. The molecule has 0 radical (unpaired) electrons. The number of aliphatic imine (C=N–C) groups is 1. The highest BCUT2D eigenvalue weighted by atomic mass is 127. The van der Waals surface area contributed by atoms with Crippen LogP contribution in [0, 0.1) is 0 Å². The van der Waals surface area contributed by atoms with Crippen molar-refractivity contribution in [2.24, 2.45) is 4.99 Å². The van der Waals surface area contributed by atoms with Crippen LogP contribution in [0.1, 0.15) is 19.3 Å². The van der Waals surface area contributed by atoms with E-state index in [1.165, 1.54) is 32.4 Å². The van der Waals surface area contributed by atoms with Crippen molar-refractivity contribution < 1.29 is 0 Å². The molecule has 1 aliphatic heterocycles. The van der Waals surface area contributed by atoms with Gasteiger partial charge >= 0.3 is 0 Å². The number of hydrogen-bond donors (Lipinski definition) is 2. The van der Waals surface area contributed by atoms with Crippen LogP contribution in [0.15, 0.2) is 23.5 Å². The zero-order valence-electron chi connectivity index (χ0n) is 12.8. The van der Waals surface area contributed by atoms with Crippen molar-refractivity contribution in [3.05, 3.63) is 18.5 Å². The topological polar surface area (TPSA) is 57.5 Å². The Bertz CT molecular complexity index is 386. The van der Waals surface area contributed by atoms with Gasteiger partial charge in [0.15, 0.2) is 5.96 Å². The summed E-state index contributed by atoms with van der Waals surface area (Å²) in [5.74, 6) is 0.870. The zero-order chi connectivity index (χ0) is 14.0. The number of nitrogens with zero attached hydrogens (tertiary/aromatic N) is 4. The van der Waals surface area contributed by atoms with Crippen LogP contribution in [0.5, 0.6) is 0 Å². The second-order valence-electron chi connectivity index (χ2n) is 5.10. The fraction of sp³-hybridized carbons (Fsp3) is 0.714. The molecule has 0 aromatic carbocycles. The minimum Gasteiger partial charge on any atom is -0.355 e. The van der Waals surface area contributed by atoms with Crippen LogP contribution in [-0.4, -0.2) is 60.4 Å². The molecule has 0 atom stereocenters. The predicted molar refractivity (Wildman–Crippen MR) is 97.3 cm³/mol. The number of halogens is 1. The van der Waals surface area contributed by atoms with Gasteiger partial charge in [0.2, 0.25) is 0 Å². The van der Waals surface area contributed by atoms with E-state index in [-0.39, 0.29) is 24.0 Å². The van der Waals surface area contributed by atoms with E-state index in [1.807, 2.05) is 24.0 Å². The maximum absolute atomic E-state index is 4.24. The van der Waals surface area contributed by atoms with Crippen LogP contribution in [0.2, 0.25) is 0 Å². The molecule has 0 unspecified atom stereocenters. The normalized spacial score (nSPS) is 16.3. The summed E-state index contributed by atoms with van der Waals surface area (Å²) in [6, 6.07) is 1.94. The fourth-order valence-electron chi connectivity index (χ4n) is 2.46. The van der Waals surface area contributed by atoms with Crippen LogP contribution >= 0.6 is 24.0 Å². The van der Waals surface area contributed by atoms with E-state index >= 15 is 0 Å². The molecule has 0 aliphatic carbocycles. The summed E-state index contributed by atoms with van der Waals surface area (Å²) in [6.45, 7) is 6.20. The Morgan fingerprint density at radius 3 is 2.48 bits per heavy atom. The average molecular weight is 406 g/mol. The number of aromatic nitrogens is 2. The number of nitrogens with one attached hydrogen (secondary N) is 2. The van der Waals surface area contributed by atoms with Crippen LogP contribution in [-0.2, 0) is 6.54 Å². The van der Waals surface area contributed by atoms with Crippen molar-refractivity contribution >= 4 is 29.9 Å². The van der Waals surface area contributed by atoms with E-state index in [9.17, 15) is 0 Å². The molecule has 0 saturated carbocycles. The van der Waals surface area contributed by atoms with Gasteiger partial charge in [0.25, 0.3) is 0 Å². The second-order valence-corrected chi connectivity index (χ2v) is 5.10. The first-order valence-corrected chi connectivity index (χ1v) is 7.53. The minimum absolute atomic E-state index is 0. The van der Waals surface area contributed by atoms with Crippen molar-refractivity contribution in [1.82, 2.24) is 25.3 Å². The van der Waals surface area contributed by atoms with Crippen molar-refractivity contribution in [3.8, 4) is 0 Å². The molecule has 1 aliphatic rings. The molecule has 2 heterocycles. The van der Waals surface area contributed by atoms with E-state index < -0.39 is 0 Å². The van der Waals surface area contributed by atoms with E-state index in [0.717, 1.165) is 32.1 Å². The molecule has 2 rings (SSSR count). The predicted octanol–water partition coefficient (Wildman–Crippen LogP) is 1.15. The first-order valence-electron chi connectivity index (χ1n) is 7.53. The summed E-state index contributed by atoms with van der Waals surface area (Å²) in [6.07, 6.45) is 7.84. The van der Waals surface area contributed by atoms with Crippen molar-refractivity contribution in [3.63, 3.8) is 0 Å². The smallest absolute Gasteiger partial charge is 0.191 e. The molecule has 6 nitrogen and oxygen atoms in total. The third kappa shape index (κ3) is 7.12. The summed E-state index contributed by atoms with van der Waals surface area (Å²) < 4.78 is 1.91. The van der Waals surface area contributed by atoms with Crippen LogP contribution in [0.4, 0.5) is 0 Å². The molecule has 0 spiro atoms. The number of rotatable bonds is 6. The third-order valence-corrected chi connectivity index (χ3v) is 3.59. The van der Waals surface area contributed by atoms with Crippen molar-refractivity contribution in [2.75, 3.05) is 39.8 Å². The maximum Gasteiger partial charge on any atom is 0.191 e. The molecule has 21 heavy (non-hydrogen) atoms. The van der Waals surface area contributed by atoms with Gasteiger partial charge in [0.05, 0.1) is 6.54 Å². The Morgan fingerprint density at radius 2 is 1.86 bits per heavy atom. The Balaban J connectivity index is 0.00000220. The number of hydrogen-bond acceptors (Lipinski definition) is 3. The van der Waals surface area contributed by atoms with Crippen LogP contribution in [0.25, 0.3) is 0 Å². The highest BCUT2D eigenvalue weighted by molar-refractivity contribution is 14.0. The van der Waals surface area contributed by atoms with E-state index in [4.69, 9.17) is 0 Å². The van der Waals surface area contributed by atoms with Crippen molar-refractivity contribution in [1.29, 1.82) is 0 Å². The van der Waals surface area contributed by atoms with Gasteiger partial charge in [0.1, 0.15) is 0 Å². The first-order chi connectivity index (χ1) is 9.88. The lowest BCUT2D eigenvalue weighted by Gasteiger charge is -2.26. The second kappa shape index (κ2) is 10.8. The van der Waals surface area contributed by atoms with Crippen LogP contribution in [0.3, 0.4) is 0 Å². The van der Waals surface area contributed by atoms with Gasteiger partial charge in [0, 0.05) is 39.1 Å². The Morgan fingerprint density at radius 1 is 1.14 bits per heavy atom. The van der Waals surface area contributed by atoms with Gasteiger partial charge in [-0.1, -0.05) is 6.42 Å². The Labute approximate surface area is 144 Å². The highest BCUT2D eigenvalue weighted by Gasteiger charge is 2.09. The van der Waals surface area contributed by atoms with Gasteiger partial charge in [-0.25, -0.2) is 0 Å².